The fourth-order valence-corrected chi connectivity index (χ4v) is 0.406. The number of hydrogen-bond donors (Lipinski definition) is 1. The zero-order valence-corrected chi connectivity index (χ0v) is 8.28. The molecule has 0 aromatic rings. The van der Waals surface area contributed by atoms with Crippen LogP contribution in [-0.4, -0.2) is 0 Å². The summed E-state index contributed by atoms with van der Waals surface area (Å²) in [5.74, 6) is 0. The van der Waals surface area contributed by atoms with Crippen LogP contribution in [0.1, 0.15) is 0 Å². The zero-order chi connectivity index (χ0) is 6.95. The van der Waals surface area contributed by atoms with Crippen molar-refractivity contribution in [3.63, 3.8) is 0 Å². The molecule has 9 heavy (non-hydrogen) atoms. The molecule has 0 aromatic heterocycles. The van der Waals surface area contributed by atoms with Crippen molar-refractivity contribution in [2.45, 2.75) is 0 Å². The van der Waals surface area contributed by atoms with E-state index in [0.29, 0.717) is 0 Å². The number of allylic oxidation sites excluding steroid dienone is 4. The normalized spacial score (nSPS) is 13.2. The van der Waals surface area contributed by atoms with Gasteiger partial charge in [-0.15, -0.1) is 0 Å². The molecule has 3 heteroatoms. The van der Waals surface area contributed by atoms with E-state index in [2.05, 4.69) is 22.6 Å². The van der Waals surface area contributed by atoms with Crippen LogP contribution in [-0.2, 0) is 17.3 Å². The van der Waals surface area contributed by atoms with Gasteiger partial charge in [-0.25, -0.2) is 0 Å². The van der Waals surface area contributed by atoms with Gasteiger partial charge in [0.15, 0.2) is 0 Å². The molecular formula is C6H7AgIN. The number of rotatable bonds is 0. The molecule has 0 atom stereocenters. The summed E-state index contributed by atoms with van der Waals surface area (Å²) in [4.78, 5) is 0. The molecule has 1 aliphatic heterocycles. The standard InChI is InChI=1S/C6H7N.Ag.HI/c1-2-4-6-7-5-3-1;;/h1-7H;;1H/q;+1;/p-1. The van der Waals surface area contributed by atoms with E-state index in [4.69, 9.17) is 0 Å². The zero-order valence-electron chi connectivity index (χ0n) is 4.64. The molecule has 0 amide bonds. The van der Waals surface area contributed by atoms with Crippen molar-refractivity contribution in [2.24, 2.45) is 0 Å². The topological polar surface area (TPSA) is 12.0 Å². The van der Waals surface area contributed by atoms with E-state index in [-0.39, 0.29) is 0 Å². The molecule has 0 bridgehead atoms. The third-order valence-corrected chi connectivity index (χ3v) is 0.718. The summed E-state index contributed by atoms with van der Waals surface area (Å²) in [6.45, 7) is 0. The molecule has 1 nitrogen and oxygen atoms in total. The molecule has 1 rings (SSSR count). The third kappa shape index (κ3) is 6.37. The Kier molecular flexibility index (Phi) is 8.95. The first-order valence-corrected chi connectivity index (χ1v) is 6.77. The van der Waals surface area contributed by atoms with Crippen LogP contribution in [0.25, 0.3) is 0 Å². The Balaban J connectivity index is 0.000000291. The minimum atomic E-state index is 1.88. The van der Waals surface area contributed by atoms with Gasteiger partial charge in [0.05, 0.1) is 0 Å². The average molecular weight is 328 g/mol. The minimum absolute atomic E-state index is 1.88. The van der Waals surface area contributed by atoms with Crippen LogP contribution in [0, 0.1) is 0 Å². The van der Waals surface area contributed by atoms with E-state index in [9.17, 15) is 0 Å². The molecular weight excluding hydrogens is 321 g/mol. The summed E-state index contributed by atoms with van der Waals surface area (Å²) in [5, 5.41) is 2.92. The molecule has 0 aromatic carbocycles. The van der Waals surface area contributed by atoms with Crippen molar-refractivity contribution in [3.8, 4) is 0 Å². The van der Waals surface area contributed by atoms with Crippen LogP contribution in [0.15, 0.2) is 36.7 Å². The Hall–Kier alpha value is 0.490. The second-order valence-corrected chi connectivity index (χ2v) is 1.27. The van der Waals surface area contributed by atoms with Gasteiger partial charge < -0.3 is 5.32 Å². The van der Waals surface area contributed by atoms with E-state index >= 15 is 0 Å². The number of nitrogens with one attached hydrogen (secondary N) is 1. The second-order valence-electron chi connectivity index (χ2n) is 1.27. The first kappa shape index (κ1) is 9.49. The Morgan fingerprint density at radius 3 is 1.78 bits per heavy atom. The van der Waals surface area contributed by atoms with Gasteiger partial charge in [0.25, 0.3) is 0 Å². The van der Waals surface area contributed by atoms with E-state index in [1.54, 1.807) is 0 Å². The van der Waals surface area contributed by atoms with Crippen LogP contribution in [0.3, 0.4) is 0 Å². The predicted molar refractivity (Wildman–Crippen MR) is 44.6 cm³/mol. The summed E-state index contributed by atoms with van der Waals surface area (Å²) in [6.07, 6.45) is 11.6. The van der Waals surface area contributed by atoms with Crippen molar-refractivity contribution in [3.05, 3.63) is 36.7 Å². The summed E-state index contributed by atoms with van der Waals surface area (Å²) < 4.78 is 0. The molecule has 0 radical (unpaired) electrons. The summed E-state index contributed by atoms with van der Waals surface area (Å²) in [5.41, 5.74) is 0. The van der Waals surface area contributed by atoms with E-state index in [1.165, 1.54) is 0 Å². The van der Waals surface area contributed by atoms with Crippen LogP contribution in [0.2, 0.25) is 0 Å². The van der Waals surface area contributed by atoms with E-state index in [0.717, 1.165) is 0 Å². The van der Waals surface area contributed by atoms with Crippen molar-refractivity contribution in [1.82, 2.24) is 5.32 Å². The quantitative estimate of drug-likeness (QED) is 0.530. The molecule has 0 fully saturated rings. The Morgan fingerprint density at radius 2 is 1.33 bits per heavy atom. The number of halogens is 1. The monoisotopic (exact) mass is 327 g/mol. The fourth-order valence-electron chi connectivity index (χ4n) is 0.406. The molecule has 0 spiro atoms. The molecule has 1 aliphatic rings. The van der Waals surface area contributed by atoms with Gasteiger partial charge in [-0.3, -0.25) is 0 Å². The molecule has 0 saturated carbocycles. The van der Waals surface area contributed by atoms with Crippen LogP contribution < -0.4 is 5.32 Å². The summed E-state index contributed by atoms with van der Waals surface area (Å²) >= 11 is 4.88. The van der Waals surface area contributed by atoms with E-state index < -0.39 is 0 Å². The molecule has 1 N–H and O–H groups in total. The second kappa shape index (κ2) is 8.49. The van der Waals surface area contributed by atoms with Crippen molar-refractivity contribution in [1.29, 1.82) is 0 Å². The molecule has 0 unspecified atom stereocenters. The maximum atomic E-state index is 2.92. The van der Waals surface area contributed by atoms with Gasteiger partial charge in [0, 0.05) is 12.4 Å². The van der Waals surface area contributed by atoms with Crippen LogP contribution >= 0.6 is 19.0 Å². The molecule has 0 saturated heterocycles. The van der Waals surface area contributed by atoms with Crippen molar-refractivity contribution >= 4 is 19.0 Å². The molecule has 54 valence electrons. The Labute approximate surface area is 77.7 Å². The number of hydrogen-bond acceptors (Lipinski definition) is 1. The van der Waals surface area contributed by atoms with Gasteiger partial charge in [0.1, 0.15) is 0 Å². The first-order chi connectivity index (χ1) is 4.50. The van der Waals surface area contributed by atoms with E-state index in [1.807, 2.05) is 55.7 Å². The maximum absolute atomic E-state index is 2.92. The van der Waals surface area contributed by atoms with Crippen molar-refractivity contribution < 1.29 is 17.3 Å². The summed E-state index contributed by atoms with van der Waals surface area (Å²) in [7, 11) is 0. The van der Waals surface area contributed by atoms with Gasteiger partial charge >= 0.3 is 36.3 Å². The van der Waals surface area contributed by atoms with Gasteiger partial charge in [-0.05, 0) is 12.2 Å². The average Bonchev–Trinajstić information content (AvgIpc) is 2.21. The molecule has 0 aliphatic carbocycles. The Bertz CT molecular complexity index is 115. The van der Waals surface area contributed by atoms with Gasteiger partial charge in [0.2, 0.25) is 0 Å². The van der Waals surface area contributed by atoms with Gasteiger partial charge in [-0.1, -0.05) is 12.2 Å². The third-order valence-electron chi connectivity index (χ3n) is 0.718. The fraction of sp³-hybridized carbons (Fsp3) is 0. The SMILES string of the molecule is C1=CC=CNC=C1.[Ag][I]. The van der Waals surface area contributed by atoms with Crippen molar-refractivity contribution in [2.75, 3.05) is 0 Å². The first-order valence-electron chi connectivity index (χ1n) is 2.36. The Morgan fingerprint density at radius 1 is 0.889 bits per heavy atom. The molecule has 1 heterocycles. The summed E-state index contributed by atoms with van der Waals surface area (Å²) in [6, 6.07) is 0. The van der Waals surface area contributed by atoms with Crippen LogP contribution in [0.4, 0.5) is 0 Å². The predicted octanol–water partition coefficient (Wildman–Crippen LogP) is 2.06. The van der Waals surface area contributed by atoms with Gasteiger partial charge in [-0.2, -0.15) is 0 Å². The van der Waals surface area contributed by atoms with Crippen LogP contribution in [0.5, 0.6) is 0 Å².